The zero-order chi connectivity index (χ0) is 21.3. The van der Waals surface area contributed by atoms with Crippen molar-refractivity contribution in [1.29, 1.82) is 0 Å². The van der Waals surface area contributed by atoms with Gasteiger partial charge in [-0.1, -0.05) is 30.3 Å². The maximum atomic E-state index is 14.4. The number of ether oxygens (including phenoxy) is 1. The quantitative estimate of drug-likeness (QED) is 0.674. The fraction of sp³-hybridized carbons (Fsp3) is 0.273. The highest BCUT2D eigenvalue weighted by Crippen LogP contribution is 2.42. The Labute approximate surface area is 177 Å². The standard InChI is InChI=1S/C22H21F2N3O2S/c1-29-16-8-7-15(23)19(24)18(16)20(28)27-11-9-22(10-12-27,14-5-3-2-4-6-14)17-13-30-21(25)26-17/h2-8,13H,9-12H2,1H3,(H2,25,26). The second-order valence-electron chi connectivity index (χ2n) is 7.25. The highest BCUT2D eigenvalue weighted by molar-refractivity contribution is 7.13. The number of benzene rings is 2. The molecular weight excluding hydrogens is 408 g/mol. The van der Waals surface area contributed by atoms with Crippen LogP contribution in [0.25, 0.3) is 0 Å². The lowest BCUT2D eigenvalue weighted by molar-refractivity contribution is 0.0674. The number of hydrogen-bond acceptors (Lipinski definition) is 5. The molecule has 8 heteroatoms. The second-order valence-corrected chi connectivity index (χ2v) is 8.14. The van der Waals surface area contributed by atoms with Crippen LogP contribution in [0.5, 0.6) is 5.75 Å². The van der Waals surface area contributed by atoms with Crippen LogP contribution in [0.1, 0.15) is 34.5 Å². The van der Waals surface area contributed by atoms with Crippen LogP contribution in [-0.2, 0) is 5.41 Å². The molecule has 1 amide bonds. The van der Waals surface area contributed by atoms with Gasteiger partial charge in [-0.05, 0) is 30.5 Å². The fourth-order valence-electron chi connectivity index (χ4n) is 4.11. The molecule has 0 bridgehead atoms. The number of anilines is 1. The molecule has 1 aliphatic heterocycles. The molecule has 1 fully saturated rings. The molecule has 5 nitrogen and oxygen atoms in total. The highest BCUT2D eigenvalue weighted by atomic mass is 32.1. The number of thiazole rings is 1. The second kappa shape index (κ2) is 8.02. The number of amides is 1. The number of methoxy groups -OCH3 is 1. The van der Waals surface area contributed by atoms with Crippen molar-refractivity contribution in [2.75, 3.05) is 25.9 Å². The van der Waals surface area contributed by atoms with Crippen molar-refractivity contribution in [3.8, 4) is 5.75 Å². The minimum Gasteiger partial charge on any atom is -0.496 e. The molecule has 2 aromatic carbocycles. The number of likely N-dealkylation sites (tertiary alicyclic amines) is 1. The van der Waals surface area contributed by atoms with E-state index in [-0.39, 0.29) is 11.3 Å². The monoisotopic (exact) mass is 429 g/mol. The Balaban J connectivity index is 1.65. The van der Waals surface area contributed by atoms with E-state index in [2.05, 4.69) is 4.98 Å². The molecule has 0 aliphatic carbocycles. The third-order valence-electron chi connectivity index (χ3n) is 5.73. The summed E-state index contributed by atoms with van der Waals surface area (Å²) in [4.78, 5) is 19.1. The molecule has 2 N–H and O–H groups in total. The normalized spacial score (nSPS) is 15.8. The number of carbonyl (C=O) groups excluding carboxylic acids is 1. The van der Waals surface area contributed by atoms with Crippen LogP contribution in [-0.4, -0.2) is 36.0 Å². The molecule has 1 aromatic heterocycles. The first-order valence-corrected chi connectivity index (χ1v) is 10.4. The Hall–Kier alpha value is -3.00. The molecule has 4 rings (SSSR count). The van der Waals surface area contributed by atoms with Crippen LogP contribution >= 0.6 is 11.3 Å². The van der Waals surface area contributed by atoms with E-state index in [1.807, 2.05) is 35.7 Å². The summed E-state index contributed by atoms with van der Waals surface area (Å²) in [6, 6.07) is 12.2. The lowest BCUT2D eigenvalue weighted by Gasteiger charge is -2.41. The Morgan fingerprint density at radius 1 is 1.17 bits per heavy atom. The first-order chi connectivity index (χ1) is 14.5. The summed E-state index contributed by atoms with van der Waals surface area (Å²) in [6.07, 6.45) is 1.18. The average Bonchev–Trinajstić information content (AvgIpc) is 3.22. The molecule has 156 valence electrons. The number of nitrogens with two attached hydrogens (primary N) is 1. The van der Waals surface area contributed by atoms with Gasteiger partial charge in [0.25, 0.3) is 5.91 Å². The number of aromatic nitrogens is 1. The first-order valence-electron chi connectivity index (χ1n) is 9.54. The summed E-state index contributed by atoms with van der Waals surface area (Å²) in [5.41, 5.74) is 7.09. The summed E-state index contributed by atoms with van der Waals surface area (Å²) in [6.45, 7) is 0.731. The molecule has 2 heterocycles. The molecule has 0 atom stereocenters. The van der Waals surface area contributed by atoms with Gasteiger partial charge in [-0.15, -0.1) is 11.3 Å². The maximum Gasteiger partial charge on any atom is 0.260 e. The third kappa shape index (κ3) is 3.41. The van der Waals surface area contributed by atoms with Gasteiger partial charge in [-0.3, -0.25) is 4.79 Å². The SMILES string of the molecule is COc1ccc(F)c(F)c1C(=O)N1CCC(c2ccccc2)(c2csc(N)n2)CC1. The van der Waals surface area contributed by atoms with E-state index < -0.39 is 23.0 Å². The van der Waals surface area contributed by atoms with Crippen LogP contribution in [0.2, 0.25) is 0 Å². The van der Waals surface area contributed by atoms with E-state index >= 15 is 0 Å². The van der Waals surface area contributed by atoms with Crippen LogP contribution in [0.15, 0.2) is 47.8 Å². The maximum absolute atomic E-state index is 14.4. The van der Waals surface area contributed by atoms with Crippen molar-refractivity contribution < 1.29 is 18.3 Å². The van der Waals surface area contributed by atoms with E-state index in [0.717, 1.165) is 17.3 Å². The van der Waals surface area contributed by atoms with Crippen molar-refractivity contribution >= 4 is 22.4 Å². The Morgan fingerprint density at radius 3 is 2.47 bits per heavy atom. The van der Waals surface area contributed by atoms with Gasteiger partial charge in [0, 0.05) is 23.9 Å². The molecule has 30 heavy (non-hydrogen) atoms. The lowest BCUT2D eigenvalue weighted by atomic mass is 9.70. The predicted octanol–water partition coefficient (Wildman–Crippen LogP) is 4.23. The van der Waals surface area contributed by atoms with Crippen molar-refractivity contribution in [2.24, 2.45) is 0 Å². The smallest absolute Gasteiger partial charge is 0.260 e. The number of hydrogen-bond donors (Lipinski definition) is 1. The Morgan fingerprint density at radius 2 is 1.87 bits per heavy atom. The molecule has 1 aliphatic rings. The van der Waals surface area contributed by atoms with Gasteiger partial charge >= 0.3 is 0 Å². The van der Waals surface area contributed by atoms with E-state index in [1.165, 1.54) is 29.4 Å². The van der Waals surface area contributed by atoms with Crippen LogP contribution in [0.4, 0.5) is 13.9 Å². The molecule has 0 spiro atoms. The van der Waals surface area contributed by atoms with Gasteiger partial charge in [0.05, 0.1) is 12.8 Å². The van der Waals surface area contributed by atoms with Crippen molar-refractivity contribution in [3.63, 3.8) is 0 Å². The van der Waals surface area contributed by atoms with Crippen LogP contribution in [0.3, 0.4) is 0 Å². The van der Waals surface area contributed by atoms with Crippen molar-refractivity contribution in [2.45, 2.75) is 18.3 Å². The summed E-state index contributed by atoms with van der Waals surface area (Å²) in [5, 5.41) is 2.44. The molecule has 3 aromatic rings. The molecule has 0 radical (unpaired) electrons. The molecule has 0 unspecified atom stereocenters. The van der Waals surface area contributed by atoms with Gasteiger partial charge in [0.15, 0.2) is 16.8 Å². The minimum atomic E-state index is -1.19. The summed E-state index contributed by atoms with van der Waals surface area (Å²) in [7, 11) is 1.33. The molecular formula is C22H21F2N3O2S. The number of nitrogen functional groups attached to an aromatic ring is 1. The number of piperidine rings is 1. The summed E-state index contributed by atoms with van der Waals surface area (Å²) < 4.78 is 33.3. The Bertz CT molecular complexity index is 1060. The average molecular weight is 429 g/mol. The number of halogens is 2. The van der Waals surface area contributed by atoms with Crippen molar-refractivity contribution in [3.05, 3.63) is 76.3 Å². The zero-order valence-electron chi connectivity index (χ0n) is 16.4. The minimum absolute atomic E-state index is 0.0195. The van der Waals surface area contributed by atoms with Crippen LogP contribution < -0.4 is 10.5 Å². The van der Waals surface area contributed by atoms with Gasteiger partial charge in [-0.2, -0.15) is 0 Å². The summed E-state index contributed by atoms with van der Waals surface area (Å²) >= 11 is 1.38. The third-order valence-corrected chi connectivity index (χ3v) is 6.41. The van der Waals surface area contributed by atoms with Crippen LogP contribution in [0, 0.1) is 11.6 Å². The zero-order valence-corrected chi connectivity index (χ0v) is 17.2. The van der Waals surface area contributed by atoms with E-state index in [0.29, 0.717) is 31.1 Å². The van der Waals surface area contributed by atoms with E-state index in [1.54, 1.807) is 0 Å². The van der Waals surface area contributed by atoms with Gasteiger partial charge in [0.1, 0.15) is 11.3 Å². The number of rotatable bonds is 4. The largest absolute Gasteiger partial charge is 0.496 e. The first kappa shape index (κ1) is 20.3. The van der Waals surface area contributed by atoms with Gasteiger partial charge < -0.3 is 15.4 Å². The van der Waals surface area contributed by atoms with Gasteiger partial charge in [0.2, 0.25) is 0 Å². The Kier molecular flexibility index (Phi) is 5.42. The number of nitrogens with zero attached hydrogens (tertiary/aromatic N) is 2. The van der Waals surface area contributed by atoms with E-state index in [4.69, 9.17) is 10.5 Å². The lowest BCUT2D eigenvalue weighted by Crippen LogP contribution is -2.46. The molecule has 0 saturated carbocycles. The fourth-order valence-corrected chi connectivity index (χ4v) is 4.77. The number of carbonyl (C=O) groups is 1. The van der Waals surface area contributed by atoms with Gasteiger partial charge in [-0.25, -0.2) is 13.8 Å². The van der Waals surface area contributed by atoms with Crippen molar-refractivity contribution in [1.82, 2.24) is 9.88 Å². The highest BCUT2D eigenvalue weighted by Gasteiger charge is 2.41. The predicted molar refractivity (Wildman–Crippen MR) is 112 cm³/mol. The van der Waals surface area contributed by atoms with E-state index in [9.17, 15) is 13.6 Å². The summed E-state index contributed by atoms with van der Waals surface area (Å²) in [5.74, 6) is -2.83. The molecule has 1 saturated heterocycles. The topological polar surface area (TPSA) is 68.5 Å².